The van der Waals surface area contributed by atoms with Gasteiger partial charge in [0, 0.05) is 31.0 Å². The molecule has 9 heteroatoms. The molecule has 3 N–H and O–H groups in total. The Balaban J connectivity index is 1.30. The summed E-state index contributed by atoms with van der Waals surface area (Å²) in [5.41, 5.74) is 6.78. The first-order valence-electron chi connectivity index (χ1n) is 23.4. The maximum Gasteiger partial charge on any atom is 0.328 e. The van der Waals surface area contributed by atoms with Crippen LogP contribution in [0.15, 0.2) is 103 Å². The number of hydrogen-bond acceptors (Lipinski definition) is 7. The SMILES string of the molecule is CCCCCCCCN(CCCCCCCC)C[C@@H]1O[C@H](c2ccc(-c3ccccc3CNC(=O)N[C@@H](Cc3ccccc3)C(=O)OC)cc2)O[C@H](c2ccc(CO)cc2)[C@@H]1C. The van der Waals surface area contributed by atoms with Crippen molar-refractivity contribution in [3.05, 3.63) is 131 Å². The van der Waals surface area contributed by atoms with E-state index in [2.05, 4.69) is 78.8 Å². The average molecular weight is 848 g/mol. The van der Waals surface area contributed by atoms with Crippen LogP contribution < -0.4 is 10.6 Å². The van der Waals surface area contributed by atoms with Crippen LogP contribution in [-0.4, -0.2) is 60.9 Å². The van der Waals surface area contributed by atoms with Crippen molar-refractivity contribution in [1.29, 1.82) is 0 Å². The first kappa shape index (κ1) is 48.5. The first-order chi connectivity index (χ1) is 30.3. The van der Waals surface area contributed by atoms with E-state index in [0.717, 1.165) is 58.6 Å². The number of unbranched alkanes of at least 4 members (excludes halogenated alkanes) is 10. The fraction of sp³-hybridized carbons (Fsp3) is 0.509. The lowest BCUT2D eigenvalue weighted by Gasteiger charge is -2.43. The summed E-state index contributed by atoms with van der Waals surface area (Å²) in [6, 6.07) is 32.8. The largest absolute Gasteiger partial charge is 0.467 e. The van der Waals surface area contributed by atoms with Crippen molar-refractivity contribution in [2.24, 2.45) is 5.92 Å². The van der Waals surface area contributed by atoms with E-state index in [4.69, 9.17) is 14.2 Å². The number of esters is 1. The van der Waals surface area contributed by atoms with Crippen LogP contribution in [0, 0.1) is 5.92 Å². The summed E-state index contributed by atoms with van der Waals surface area (Å²) in [5.74, 6) is -0.388. The van der Waals surface area contributed by atoms with E-state index in [0.29, 0.717) is 6.42 Å². The summed E-state index contributed by atoms with van der Waals surface area (Å²) in [6.45, 7) is 10.1. The lowest BCUT2D eigenvalue weighted by atomic mass is 9.89. The monoisotopic (exact) mass is 848 g/mol. The molecule has 0 bridgehead atoms. The molecule has 0 spiro atoms. The molecule has 336 valence electrons. The predicted molar refractivity (Wildman–Crippen MR) is 249 cm³/mol. The molecule has 2 amide bonds. The summed E-state index contributed by atoms with van der Waals surface area (Å²) < 4.78 is 18.8. The van der Waals surface area contributed by atoms with Crippen LogP contribution in [0.1, 0.15) is 138 Å². The second-order valence-electron chi connectivity index (χ2n) is 17.0. The number of carbonyl (C=O) groups is 2. The molecule has 1 fully saturated rings. The van der Waals surface area contributed by atoms with Crippen LogP contribution in [-0.2, 0) is 38.6 Å². The van der Waals surface area contributed by atoms with Crippen LogP contribution in [0.2, 0.25) is 0 Å². The van der Waals surface area contributed by atoms with Crippen LogP contribution in [0.25, 0.3) is 11.1 Å². The Morgan fingerprint density at radius 3 is 1.94 bits per heavy atom. The van der Waals surface area contributed by atoms with Gasteiger partial charge in [-0.15, -0.1) is 0 Å². The van der Waals surface area contributed by atoms with Crippen molar-refractivity contribution in [1.82, 2.24) is 15.5 Å². The van der Waals surface area contributed by atoms with Gasteiger partial charge in [-0.05, 0) is 59.3 Å². The molecule has 1 heterocycles. The number of hydrogen-bond donors (Lipinski definition) is 3. The Kier molecular flexibility index (Phi) is 21.0. The highest BCUT2D eigenvalue weighted by atomic mass is 16.7. The van der Waals surface area contributed by atoms with Gasteiger partial charge in [0.15, 0.2) is 6.29 Å². The van der Waals surface area contributed by atoms with Gasteiger partial charge >= 0.3 is 12.0 Å². The fourth-order valence-electron chi connectivity index (χ4n) is 8.45. The van der Waals surface area contributed by atoms with Gasteiger partial charge < -0.3 is 34.9 Å². The third kappa shape index (κ3) is 15.4. The van der Waals surface area contributed by atoms with Crippen LogP contribution in [0.3, 0.4) is 0 Å². The summed E-state index contributed by atoms with van der Waals surface area (Å²) in [6.07, 6.45) is 14.9. The second-order valence-corrected chi connectivity index (χ2v) is 17.0. The zero-order valence-electron chi connectivity index (χ0n) is 37.9. The number of carbonyl (C=O) groups excluding carboxylic acids is 2. The molecule has 62 heavy (non-hydrogen) atoms. The Morgan fingerprint density at radius 1 is 0.710 bits per heavy atom. The van der Waals surface area contributed by atoms with Gasteiger partial charge in [0.05, 0.1) is 25.9 Å². The third-order valence-electron chi connectivity index (χ3n) is 12.2. The molecule has 0 saturated carbocycles. The molecule has 1 saturated heterocycles. The summed E-state index contributed by atoms with van der Waals surface area (Å²) in [5, 5.41) is 15.5. The zero-order chi connectivity index (χ0) is 43.9. The lowest BCUT2D eigenvalue weighted by Crippen LogP contribution is -2.47. The molecular weight excluding hydrogens is 775 g/mol. The van der Waals surface area contributed by atoms with Gasteiger partial charge in [0.2, 0.25) is 0 Å². The van der Waals surface area contributed by atoms with E-state index in [1.165, 1.54) is 84.2 Å². The number of nitrogens with one attached hydrogen (secondary N) is 2. The Morgan fingerprint density at radius 2 is 1.31 bits per heavy atom. The topological polar surface area (TPSA) is 109 Å². The van der Waals surface area contributed by atoms with Crippen molar-refractivity contribution in [3.63, 3.8) is 0 Å². The number of aliphatic hydroxyl groups is 1. The van der Waals surface area contributed by atoms with Gasteiger partial charge in [-0.3, -0.25) is 0 Å². The normalized spacial score (nSPS) is 18.0. The number of nitrogens with zero attached hydrogens (tertiary/aromatic N) is 1. The van der Waals surface area contributed by atoms with Gasteiger partial charge in [0.25, 0.3) is 0 Å². The summed E-state index contributed by atoms with van der Waals surface area (Å²) in [4.78, 5) is 28.3. The van der Waals surface area contributed by atoms with Gasteiger partial charge in [0.1, 0.15) is 6.04 Å². The number of amides is 2. The Hall–Kier alpha value is -4.54. The van der Waals surface area contributed by atoms with E-state index in [9.17, 15) is 14.7 Å². The molecule has 9 nitrogen and oxygen atoms in total. The molecular formula is C53H73N3O6. The second kappa shape index (κ2) is 26.8. The molecule has 5 atom stereocenters. The Labute approximate surface area is 371 Å². The van der Waals surface area contributed by atoms with E-state index >= 15 is 0 Å². The highest BCUT2D eigenvalue weighted by Gasteiger charge is 2.39. The number of ether oxygens (including phenoxy) is 3. The van der Waals surface area contributed by atoms with Gasteiger partial charge in [-0.25, -0.2) is 9.59 Å². The third-order valence-corrected chi connectivity index (χ3v) is 12.2. The minimum atomic E-state index is -0.819. The minimum absolute atomic E-state index is 0.00488. The number of methoxy groups -OCH3 is 1. The highest BCUT2D eigenvalue weighted by Crippen LogP contribution is 2.42. The number of benzene rings is 4. The van der Waals surface area contributed by atoms with Crippen LogP contribution in [0.5, 0.6) is 0 Å². The van der Waals surface area contributed by atoms with Crippen molar-refractivity contribution in [3.8, 4) is 11.1 Å². The number of aliphatic hydroxyl groups excluding tert-OH is 1. The Bertz CT molecular complexity index is 1850. The van der Waals surface area contributed by atoms with Crippen molar-refractivity contribution in [2.75, 3.05) is 26.7 Å². The molecule has 1 aliphatic rings. The maximum absolute atomic E-state index is 13.1. The van der Waals surface area contributed by atoms with Crippen LogP contribution >= 0.6 is 0 Å². The average Bonchev–Trinajstić information content (AvgIpc) is 3.31. The zero-order valence-corrected chi connectivity index (χ0v) is 37.9. The molecule has 0 unspecified atom stereocenters. The van der Waals surface area contributed by atoms with Crippen LogP contribution in [0.4, 0.5) is 4.79 Å². The highest BCUT2D eigenvalue weighted by molar-refractivity contribution is 5.84. The molecule has 4 aromatic rings. The molecule has 0 aromatic heterocycles. The lowest BCUT2D eigenvalue weighted by molar-refractivity contribution is -0.276. The van der Waals surface area contributed by atoms with E-state index in [1.807, 2.05) is 60.7 Å². The van der Waals surface area contributed by atoms with Gasteiger partial charge in [-0.2, -0.15) is 0 Å². The molecule has 5 rings (SSSR count). The standard InChI is InChI=1S/C53H73N3O6/c1-5-7-9-11-13-20-34-56(35-21-14-12-10-8-6-2)38-49-40(3)50(44-28-26-42(39-57)27-29-44)62-52(61-49)45-32-30-43(31-33-45)47-25-19-18-24-46(47)37-54-53(59)55-48(51(58)60-4)36-41-22-16-15-17-23-41/h15-19,22-33,40,48-50,52,57H,5-14,20-21,34-39H2,1-4H3,(H2,54,55,59)/t40-,48+,49+,50+,52+/m1/s1. The smallest absolute Gasteiger partial charge is 0.328 e. The molecule has 1 aliphatic heterocycles. The summed E-state index contributed by atoms with van der Waals surface area (Å²) >= 11 is 0. The summed E-state index contributed by atoms with van der Waals surface area (Å²) in [7, 11) is 1.33. The van der Waals surface area contributed by atoms with Crippen molar-refractivity contribution < 1.29 is 28.9 Å². The minimum Gasteiger partial charge on any atom is -0.467 e. The fourth-order valence-corrected chi connectivity index (χ4v) is 8.45. The van der Waals surface area contributed by atoms with Crippen molar-refractivity contribution in [2.45, 2.75) is 142 Å². The van der Waals surface area contributed by atoms with E-state index in [1.54, 1.807) is 0 Å². The predicted octanol–water partition coefficient (Wildman–Crippen LogP) is 11.2. The molecule has 0 aliphatic carbocycles. The van der Waals surface area contributed by atoms with E-state index in [-0.39, 0.29) is 31.3 Å². The molecule has 4 aromatic carbocycles. The number of rotatable bonds is 26. The van der Waals surface area contributed by atoms with Gasteiger partial charge in [-0.1, -0.05) is 188 Å². The first-order valence-corrected chi connectivity index (χ1v) is 23.4. The quantitative estimate of drug-likeness (QED) is 0.0426. The number of urea groups is 1. The van der Waals surface area contributed by atoms with E-state index < -0.39 is 24.3 Å². The molecule has 0 radical (unpaired) electrons. The van der Waals surface area contributed by atoms with Crippen molar-refractivity contribution >= 4 is 12.0 Å². The maximum atomic E-state index is 13.1.